The molecule has 0 aromatic heterocycles. The Hall–Kier alpha value is 0.1000. The van der Waals surface area contributed by atoms with E-state index in [-0.39, 0.29) is 0 Å². The summed E-state index contributed by atoms with van der Waals surface area (Å²) in [5, 5.41) is 5.92. The van der Waals surface area contributed by atoms with Crippen LogP contribution in [-0.2, 0) is 0 Å². The van der Waals surface area contributed by atoms with Crippen molar-refractivity contribution < 1.29 is 0 Å². The molecule has 0 aromatic rings. The second kappa shape index (κ2) is 2.86. The molecule has 2 unspecified atom stereocenters. The summed E-state index contributed by atoms with van der Waals surface area (Å²) < 4.78 is 0. The van der Waals surface area contributed by atoms with Gasteiger partial charge in [-0.3, -0.25) is 5.43 Å². The van der Waals surface area contributed by atoms with Crippen LogP contribution in [0.25, 0.3) is 0 Å². The molecule has 1 fully saturated rings. The molecule has 0 saturated carbocycles. The molecule has 2 heterocycles. The summed E-state index contributed by atoms with van der Waals surface area (Å²) >= 11 is 5.43. The summed E-state index contributed by atoms with van der Waals surface area (Å²) in [4.78, 5) is 2.30. The number of alkyl halides is 1. The van der Waals surface area contributed by atoms with Gasteiger partial charge in [0.15, 0.2) is 5.50 Å². The van der Waals surface area contributed by atoms with Gasteiger partial charge in [-0.05, 0) is 6.92 Å². The van der Waals surface area contributed by atoms with Crippen LogP contribution in [-0.4, -0.2) is 33.4 Å². The van der Waals surface area contributed by atoms with Crippen molar-refractivity contribution in [2.24, 2.45) is 5.10 Å². The number of fused-ring (bicyclic) bond motifs is 1. The van der Waals surface area contributed by atoms with Gasteiger partial charge in [-0.25, -0.2) is 0 Å². The SMILES string of the molecule is CC1=NNC2SC(CBr)CN12. The van der Waals surface area contributed by atoms with Crippen LogP contribution in [0, 0.1) is 0 Å². The molecule has 0 aromatic carbocycles. The van der Waals surface area contributed by atoms with Crippen LogP contribution in [0.3, 0.4) is 0 Å². The zero-order valence-corrected chi connectivity index (χ0v) is 8.65. The maximum Gasteiger partial charge on any atom is 0.164 e. The molecular weight excluding hydrogens is 226 g/mol. The van der Waals surface area contributed by atoms with Crippen LogP contribution in [0.2, 0.25) is 0 Å². The van der Waals surface area contributed by atoms with Crippen molar-refractivity contribution in [2.75, 3.05) is 11.9 Å². The van der Waals surface area contributed by atoms with E-state index in [4.69, 9.17) is 0 Å². The molecule has 2 aliphatic heterocycles. The summed E-state index contributed by atoms with van der Waals surface area (Å²) in [6, 6.07) is 0. The van der Waals surface area contributed by atoms with E-state index in [0.29, 0.717) is 10.7 Å². The Labute approximate surface area is 78.7 Å². The summed E-state index contributed by atoms with van der Waals surface area (Å²) in [5.41, 5.74) is 3.49. The fourth-order valence-corrected chi connectivity index (χ4v) is 3.16. The van der Waals surface area contributed by atoms with Crippen molar-refractivity contribution >= 4 is 33.5 Å². The quantitative estimate of drug-likeness (QED) is 0.689. The number of hydrazone groups is 1. The first-order chi connectivity index (χ1) is 5.31. The van der Waals surface area contributed by atoms with Crippen LogP contribution in [0.1, 0.15) is 6.92 Å². The Morgan fingerprint density at radius 1 is 1.91 bits per heavy atom. The van der Waals surface area contributed by atoms with Crippen LogP contribution in [0.15, 0.2) is 5.10 Å². The lowest BCUT2D eigenvalue weighted by molar-refractivity contribution is 0.423. The van der Waals surface area contributed by atoms with E-state index in [2.05, 4.69) is 31.4 Å². The number of rotatable bonds is 1. The maximum absolute atomic E-state index is 4.15. The van der Waals surface area contributed by atoms with Crippen LogP contribution in [0.4, 0.5) is 0 Å². The number of nitrogens with zero attached hydrogens (tertiary/aromatic N) is 2. The zero-order valence-electron chi connectivity index (χ0n) is 6.25. The molecule has 1 saturated heterocycles. The number of nitrogens with one attached hydrogen (secondary N) is 1. The number of hydrogen-bond acceptors (Lipinski definition) is 4. The predicted molar refractivity (Wildman–Crippen MR) is 51.9 cm³/mol. The van der Waals surface area contributed by atoms with Gasteiger partial charge in [0.25, 0.3) is 0 Å². The topological polar surface area (TPSA) is 27.6 Å². The minimum Gasteiger partial charge on any atom is -0.328 e. The fraction of sp³-hybridized carbons (Fsp3) is 0.833. The van der Waals surface area contributed by atoms with E-state index in [1.54, 1.807) is 0 Å². The van der Waals surface area contributed by atoms with Gasteiger partial charge in [0.1, 0.15) is 5.84 Å². The zero-order chi connectivity index (χ0) is 7.84. The first-order valence-electron chi connectivity index (χ1n) is 3.59. The van der Waals surface area contributed by atoms with Crippen molar-refractivity contribution in [3.05, 3.63) is 0 Å². The summed E-state index contributed by atoms with van der Waals surface area (Å²) in [6.45, 7) is 3.16. The van der Waals surface area contributed by atoms with E-state index in [0.717, 1.165) is 17.7 Å². The standard InChI is InChI=1S/C6H10BrN3S/c1-4-8-9-6-10(4)3-5(2-7)11-6/h5-6,9H,2-3H2,1H3. The lowest BCUT2D eigenvalue weighted by atomic mass is 10.4. The molecule has 0 spiro atoms. The van der Waals surface area contributed by atoms with Gasteiger partial charge >= 0.3 is 0 Å². The Morgan fingerprint density at radius 2 is 2.73 bits per heavy atom. The third-order valence-electron chi connectivity index (χ3n) is 1.93. The van der Waals surface area contributed by atoms with Gasteiger partial charge in [0.2, 0.25) is 0 Å². The number of hydrogen-bond donors (Lipinski definition) is 1. The van der Waals surface area contributed by atoms with Gasteiger partial charge in [-0.2, -0.15) is 5.10 Å². The average Bonchev–Trinajstić information content (AvgIpc) is 2.53. The molecule has 2 atom stereocenters. The van der Waals surface area contributed by atoms with E-state index in [1.165, 1.54) is 0 Å². The van der Waals surface area contributed by atoms with Gasteiger partial charge in [0, 0.05) is 17.1 Å². The third-order valence-corrected chi connectivity index (χ3v) is 4.46. The van der Waals surface area contributed by atoms with Crippen molar-refractivity contribution in [2.45, 2.75) is 17.7 Å². The van der Waals surface area contributed by atoms with Gasteiger partial charge in [0.05, 0.1) is 0 Å². The van der Waals surface area contributed by atoms with Crippen LogP contribution in [0.5, 0.6) is 0 Å². The molecule has 0 bridgehead atoms. The molecule has 2 rings (SSSR count). The maximum atomic E-state index is 4.15. The Balaban J connectivity index is 2.04. The molecule has 0 aliphatic carbocycles. The molecule has 1 N–H and O–H groups in total. The van der Waals surface area contributed by atoms with Gasteiger partial charge in [-0.1, -0.05) is 15.9 Å². The summed E-state index contributed by atoms with van der Waals surface area (Å²) in [6.07, 6.45) is 0. The normalized spacial score (nSPS) is 35.1. The molecule has 5 heteroatoms. The highest BCUT2D eigenvalue weighted by Gasteiger charge is 2.35. The highest BCUT2D eigenvalue weighted by atomic mass is 79.9. The first-order valence-corrected chi connectivity index (χ1v) is 5.65. The van der Waals surface area contributed by atoms with E-state index in [1.807, 2.05) is 18.7 Å². The number of amidine groups is 1. The minimum absolute atomic E-state index is 0.401. The lowest BCUT2D eigenvalue weighted by Gasteiger charge is -2.14. The molecule has 0 amide bonds. The fourth-order valence-electron chi connectivity index (χ4n) is 1.31. The molecule has 3 nitrogen and oxygen atoms in total. The summed E-state index contributed by atoms with van der Waals surface area (Å²) in [7, 11) is 0. The number of thioether (sulfide) groups is 1. The van der Waals surface area contributed by atoms with E-state index in [9.17, 15) is 0 Å². The van der Waals surface area contributed by atoms with Gasteiger partial charge in [-0.15, -0.1) is 11.8 Å². The molecule has 62 valence electrons. The van der Waals surface area contributed by atoms with Gasteiger partial charge < -0.3 is 4.90 Å². The van der Waals surface area contributed by atoms with E-state index >= 15 is 0 Å². The smallest absolute Gasteiger partial charge is 0.164 e. The largest absolute Gasteiger partial charge is 0.328 e. The Morgan fingerprint density at radius 3 is 3.36 bits per heavy atom. The molecular formula is C6H10BrN3S. The second-order valence-corrected chi connectivity index (χ2v) is 4.74. The first kappa shape index (κ1) is 7.73. The second-order valence-electron chi connectivity index (χ2n) is 2.71. The average molecular weight is 236 g/mol. The van der Waals surface area contributed by atoms with Crippen molar-refractivity contribution in [1.82, 2.24) is 10.3 Å². The van der Waals surface area contributed by atoms with Crippen molar-refractivity contribution in [3.8, 4) is 0 Å². The monoisotopic (exact) mass is 235 g/mol. The third kappa shape index (κ3) is 1.24. The Kier molecular flexibility index (Phi) is 2.01. The van der Waals surface area contributed by atoms with Crippen molar-refractivity contribution in [3.63, 3.8) is 0 Å². The van der Waals surface area contributed by atoms with Crippen LogP contribution >= 0.6 is 27.7 Å². The molecule has 2 aliphatic rings. The minimum atomic E-state index is 0.401. The highest BCUT2D eigenvalue weighted by molar-refractivity contribution is 9.09. The number of halogens is 1. The molecule has 11 heavy (non-hydrogen) atoms. The predicted octanol–water partition coefficient (Wildman–Crippen LogP) is 1.02. The Bertz CT molecular complexity index is 196. The summed E-state index contributed by atoms with van der Waals surface area (Å²) in [5.74, 6) is 1.12. The van der Waals surface area contributed by atoms with E-state index < -0.39 is 0 Å². The van der Waals surface area contributed by atoms with Crippen LogP contribution < -0.4 is 5.43 Å². The highest BCUT2D eigenvalue weighted by Crippen LogP contribution is 2.32. The molecule has 0 radical (unpaired) electrons. The van der Waals surface area contributed by atoms with Crippen molar-refractivity contribution in [1.29, 1.82) is 0 Å². The lowest BCUT2D eigenvalue weighted by Crippen LogP contribution is -2.32.